The molecule has 1 aliphatic rings. The summed E-state index contributed by atoms with van der Waals surface area (Å²) in [5, 5.41) is 16.2. The molecule has 2 N–H and O–H groups in total. The molecule has 0 unspecified atom stereocenters. The van der Waals surface area contributed by atoms with Gasteiger partial charge in [0, 0.05) is 28.5 Å². The van der Waals surface area contributed by atoms with Crippen LogP contribution in [0.4, 0.5) is 0 Å². The van der Waals surface area contributed by atoms with Crippen molar-refractivity contribution in [3.63, 3.8) is 0 Å². The van der Waals surface area contributed by atoms with Crippen LogP contribution in [-0.4, -0.2) is 17.1 Å². The Morgan fingerprint density at radius 1 is 1.32 bits per heavy atom. The Kier molecular flexibility index (Phi) is 4.00. The molecule has 0 bridgehead atoms. The zero-order chi connectivity index (χ0) is 14.1. The van der Waals surface area contributed by atoms with Crippen molar-refractivity contribution in [3.05, 3.63) is 21.9 Å². The third kappa shape index (κ3) is 4.04. The Hall–Kier alpha value is -0.890. The molecule has 0 saturated carbocycles. The van der Waals surface area contributed by atoms with Gasteiger partial charge >= 0.3 is 0 Å². The van der Waals surface area contributed by atoms with Crippen LogP contribution < -0.4 is 10.6 Å². The highest BCUT2D eigenvalue weighted by Gasteiger charge is 2.37. The number of nitrogens with one attached hydrogen (secondary N) is 2. The fourth-order valence-corrected chi connectivity index (χ4v) is 4.00. The maximum atomic E-state index is 8.84. The van der Waals surface area contributed by atoms with Crippen LogP contribution in [0, 0.1) is 11.3 Å². The Morgan fingerprint density at radius 2 is 1.95 bits per heavy atom. The molecule has 1 saturated heterocycles. The van der Waals surface area contributed by atoms with E-state index in [0.717, 1.165) is 24.3 Å². The van der Waals surface area contributed by atoms with Gasteiger partial charge in [-0.3, -0.25) is 0 Å². The smallest absolute Gasteiger partial charge is 0.110 e. The molecule has 2 heterocycles. The first-order valence-electron chi connectivity index (χ1n) is 6.81. The molecule has 0 aromatic carbocycles. The van der Waals surface area contributed by atoms with E-state index in [4.69, 9.17) is 5.26 Å². The number of nitriles is 1. The summed E-state index contributed by atoms with van der Waals surface area (Å²) in [7, 11) is 0. The monoisotopic (exact) mass is 277 g/mol. The maximum Gasteiger partial charge on any atom is 0.110 e. The average molecular weight is 277 g/mol. The molecule has 104 valence electrons. The summed E-state index contributed by atoms with van der Waals surface area (Å²) in [4.78, 5) is 2.04. The normalized spacial score (nSPS) is 22.1. The number of rotatable bonds is 3. The summed E-state index contributed by atoms with van der Waals surface area (Å²) in [6, 6.07) is 6.67. The second-order valence-electron chi connectivity index (χ2n) is 6.76. The van der Waals surface area contributed by atoms with Gasteiger partial charge in [0.1, 0.15) is 10.9 Å². The van der Waals surface area contributed by atoms with Gasteiger partial charge in [-0.05, 0) is 52.7 Å². The number of nitrogens with zero attached hydrogens (tertiary/aromatic N) is 1. The van der Waals surface area contributed by atoms with Gasteiger partial charge in [0.2, 0.25) is 0 Å². The van der Waals surface area contributed by atoms with Crippen LogP contribution in [-0.2, 0) is 6.54 Å². The molecular weight excluding hydrogens is 254 g/mol. The third-order valence-electron chi connectivity index (χ3n) is 3.53. The van der Waals surface area contributed by atoms with Gasteiger partial charge in [0.05, 0.1) is 0 Å². The zero-order valence-corrected chi connectivity index (χ0v) is 13.0. The van der Waals surface area contributed by atoms with Crippen LogP contribution in [0.2, 0.25) is 0 Å². The fraction of sp³-hybridized carbons (Fsp3) is 0.667. The predicted octanol–water partition coefficient (Wildman–Crippen LogP) is 3.02. The Balaban J connectivity index is 1.94. The van der Waals surface area contributed by atoms with E-state index >= 15 is 0 Å². The SMILES string of the molecule is CC1(C)CC(NCc2ccc(C#N)s2)CC(C)(C)N1. The summed E-state index contributed by atoms with van der Waals surface area (Å²) >= 11 is 1.58. The molecular formula is C15H23N3S. The molecule has 0 radical (unpaired) electrons. The minimum atomic E-state index is 0.173. The van der Waals surface area contributed by atoms with E-state index < -0.39 is 0 Å². The molecule has 1 fully saturated rings. The van der Waals surface area contributed by atoms with Gasteiger partial charge in [0.15, 0.2) is 0 Å². The molecule has 19 heavy (non-hydrogen) atoms. The number of thiophene rings is 1. The molecule has 1 aliphatic heterocycles. The van der Waals surface area contributed by atoms with Crippen LogP contribution in [0.15, 0.2) is 12.1 Å². The number of piperidine rings is 1. The Bertz CT molecular complexity index is 466. The van der Waals surface area contributed by atoms with E-state index in [1.165, 1.54) is 4.88 Å². The van der Waals surface area contributed by atoms with Crippen LogP contribution in [0.25, 0.3) is 0 Å². The van der Waals surface area contributed by atoms with Gasteiger partial charge < -0.3 is 10.6 Å². The van der Waals surface area contributed by atoms with Crippen molar-refractivity contribution in [2.45, 2.75) is 64.2 Å². The molecule has 2 rings (SSSR count). The third-order valence-corrected chi connectivity index (χ3v) is 4.52. The van der Waals surface area contributed by atoms with E-state index in [9.17, 15) is 0 Å². The van der Waals surface area contributed by atoms with E-state index in [0.29, 0.717) is 6.04 Å². The Labute approximate surface area is 120 Å². The molecule has 0 amide bonds. The fourth-order valence-electron chi connectivity index (χ4n) is 3.24. The van der Waals surface area contributed by atoms with Crippen molar-refractivity contribution >= 4 is 11.3 Å². The van der Waals surface area contributed by atoms with Gasteiger partial charge in [0.25, 0.3) is 0 Å². The lowest BCUT2D eigenvalue weighted by Gasteiger charge is -2.46. The first-order chi connectivity index (χ1) is 8.80. The largest absolute Gasteiger partial charge is 0.309 e. The van der Waals surface area contributed by atoms with Gasteiger partial charge in [-0.2, -0.15) is 5.26 Å². The van der Waals surface area contributed by atoms with Crippen LogP contribution in [0.3, 0.4) is 0 Å². The molecule has 3 nitrogen and oxygen atoms in total. The van der Waals surface area contributed by atoms with Crippen LogP contribution in [0.5, 0.6) is 0 Å². The van der Waals surface area contributed by atoms with Crippen molar-refractivity contribution in [3.8, 4) is 6.07 Å². The molecule has 0 atom stereocenters. The molecule has 0 aliphatic carbocycles. The maximum absolute atomic E-state index is 8.84. The van der Waals surface area contributed by atoms with Crippen LogP contribution in [0.1, 0.15) is 50.3 Å². The topological polar surface area (TPSA) is 47.9 Å². The van der Waals surface area contributed by atoms with Crippen molar-refractivity contribution in [2.24, 2.45) is 0 Å². The standard InChI is InChI=1S/C15H23N3S/c1-14(2)7-11(8-15(3,4)18-14)17-10-13-6-5-12(9-16)19-13/h5-6,11,17-18H,7-8,10H2,1-4H3. The Morgan fingerprint density at radius 3 is 2.47 bits per heavy atom. The summed E-state index contributed by atoms with van der Waals surface area (Å²) < 4.78 is 0. The minimum absolute atomic E-state index is 0.173. The first kappa shape index (κ1) is 14.5. The van der Waals surface area contributed by atoms with Crippen molar-refractivity contribution < 1.29 is 0 Å². The van der Waals surface area contributed by atoms with Crippen LogP contribution >= 0.6 is 11.3 Å². The quantitative estimate of drug-likeness (QED) is 0.893. The van der Waals surface area contributed by atoms with Gasteiger partial charge in [-0.25, -0.2) is 0 Å². The lowest BCUT2D eigenvalue weighted by molar-refractivity contribution is 0.146. The number of hydrogen-bond donors (Lipinski definition) is 2. The molecule has 0 spiro atoms. The van der Waals surface area contributed by atoms with E-state index in [1.54, 1.807) is 11.3 Å². The van der Waals surface area contributed by atoms with Crippen molar-refractivity contribution in [2.75, 3.05) is 0 Å². The van der Waals surface area contributed by atoms with E-state index in [-0.39, 0.29) is 11.1 Å². The highest BCUT2D eigenvalue weighted by molar-refractivity contribution is 7.12. The second kappa shape index (κ2) is 5.24. The summed E-state index contributed by atoms with van der Waals surface area (Å²) in [6.07, 6.45) is 2.26. The lowest BCUT2D eigenvalue weighted by atomic mass is 9.79. The second-order valence-corrected chi connectivity index (χ2v) is 7.92. The molecule has 4 heteroatoms. The van der Waals surface area contributed by atoms with E-state index in [2.05, 4.69) is 44.4 Å². The van der Waals surface area contributed by atoms with Gasteiger partial charge in [-0.15, -0.1) is 11.3 Å². The predicted molar refractivity (Wildman–Crippen MR) is 80.2 cm³/mol. The number of hydrogen-bond acceptors (Lipinski definition) is 4. The molecule has 1 aromatic heterocycles. The first-order valence-corrected chi connectivity index (χ1v) is 7.63. The zero-order valence-electron chi connectivity index (χ0n) is 12.2. The average Bonchev–Trinajstić information content (AvgIpc) is 2.70. The molecule has 1 aromatic rings. The summed E-state index contributed by atoms with van der Waals surface area (Å²) in [5.41, 5.74) is 0.347. The van der Waals surface area contributed by atoms with Crippen molar-refractivity contribution in [1.82, 2.24) is 10.6 Å². The summed E-state index contributed by atoms with van der Waals surface area (Å²) in [6.45, 7) is 9.93. The lowest BCUT2D eigenvalue weighted by Crippen LogP contribution is -2.61. The highest BCUT2D eigenvalue weighted by atomic mass is 32.1. The van der Waals surface area contributed by atoms with Crippen molar-refractivity contribution in [1.29, 1.82) is 5.26 Å². The van der Waals surface area contributed by atoms with E-state index in [1.807, 2.05) is 12.1 Å². The summed E-state index contributed by atoms with van der Waals surface area (Å²) in [5.74, 6) is 0. The highest BCUT2D eigenvalue weighted by Crippen LogP contribution is 2.28. The van der Waals surface area contributed by atoms with Gasteiger partial charge in [-0.1, -0.05) is 0 Å². The minimum Gasteiger partial charge on any atom is -0.309 e.